The van der Waals surface area contributed by atoms with E-state index in [1.807, 2.05) is 36.0 Å². The van der Waals surface area contributed by atoms with E-state index in [0.717, 1.165) is 17.1 Å². The van der Waals surface area contributed by atoms with E-state index in [-0.39, 0.29) is 4.75 Å². The first-order valence-electron chi connectivity index (χ1n) is 7.56. The number of hydrogen-bond acceptors (Lipinski definition) is 2. The van der Waals surface area contributed by atoms with Crippen LogP contribution >= 0.6 is 23.4 Å². The molecule has 4 heteroatoms. The minimum Gasteiger partial charge on any atom is -0.350 e. The second kappa shape index (κ2) is 6.05. The molecular weight excluding hydrogens is 300 g/mol. The highest BCUT2D eigenvalue weighted by atomic mass is 35.5. The van der Waals surface area contributed by atoms with Gasteiger partial charge in [-0.1, -0.05) is 11.6 Å². The van der Waals surface area contributed by atoms with Crippen LogP contribution in [0.15, 0.2) is 35.4 Å². The molecule has 1 aromatic carbocycles. The van der Waals surface area contributed by atoms with Crippen molar-refractivity contribution >= 4 is 34.8 Å². The molecule has 0 atom stereocenters. The van der Waals surface area contributed by atoms with Gasteiger partial charge in [0.15, 0.2) is 5.71 Å². The number of benzene rings is 1. The van der Waals surface area contributed by atoms with Crippen LogP contribution in [0, 0.1) is 0 Å². The highest BCUT2D eigenvalue weighted by molar-refractivity contribution is 8.04. The molecule has 0 radical (unpaired) electrons. The fourth-order valence-electron chi connectivity index (χ4n) is 2.95. The van der Waals surface area contributed by atoms with Crippen molar-refractivity contribution in [3.05, 3.63) is 40.4 Å². The normalized spacial score (nSPS) is 21.4. The highest BCUT2D eigenvalue weighted by Gasteiger charge is 2.32. The molecule has 0 aliphatic carbocycles. The molecule has 21 heavy (non-hydrogen) atoms. The predicted octanol–water partition coefficient (Wildman–Crippen LogP) is 4.76. The van der Waals surface area contributed by atoms with E-state index in [4.69, 9.17) is 11.6 Å². The number of halogens is 1. The summed E-state index contributed by atoms with van der Waals surface area (Å²) >= 11 is 7.87. The molecule has 2 aliphatic heterocycles. The highest BCUT2D eigenvalue weighted by Crippen LogP contribution is 2.39. The smallest absolute Gasteiger partial charge is 0.180 e. The van der Waals surface area contributed by atoms with Crippen LogP contribution in [0.25, 0.3) is 0 Å². The van der Waals surface area contributed by atoms with Crippen LogP contribution in [0.4, 0.5) is 5.69 Å². The van der Waals surface area contributed by atoms with Gasteiger partial charge in [-0.25, -0.2) is 4.58 Å². The third-order valence-electron chi connectivity index (χ3n) is 3.91. The Balaban J connectivity index is 1.85. The Morgan fingerprint density at radius 3 is 2.48 bits per heavy atom. The van der Waals surface area contributed by atoms with E-state index in [0.29, 0.717) is 0 Å². The number of nitrogens with zero attached hydrogens (tertiary/aromatic N) is 1. The maximum absolute atomic E-state index is 5.95. The fraction of sp³-hybridized carbons (Fsp3) is 0.471. The molecule has 0 amide bonds. The Morgan fingerprint density at radius 1 is 1.14 bits per heavy atom. The summed E-state index contributed by atoms with van der Waals surface area (Å²) in [6.07, 6.45) is 6.12. The number of nitrogens with one attached hydrogen (secondary N) is 1. The SMILES string of the molecule is CC1(C)CC(=[N+]2CCCC2)C=C(Nc2ccc(Cl)cc2)S1. The lowest BCUT2D eigenvalue weighted by molar-refractivity contribution is -0.506. The third kappa shape index (κ3) is 3.83. The Kier molecular flexibility index (Phi) is 4.32. The Bertz CT molecular complexity index is 579. The lowest BCUT2D eigenvalue weighted by Gasteiger charge is -2.29. The predicted molar refractivity (Wildman–Crippen MR) is 93.7 cm³/mol. The summed E-state index contributed by atoms with van der Waals surface area (Å²) in [5, 5.41) is 5.54. The van der Waals surface area contributed by atoms with Crippen LogP contribution in [-0.4, -0.2) is 28.1 Å². The zero-order valence-corrected chi connectivity index (χ0v) is 14.2. The van der Waals surface area contributed by atoms with E-state index in [1.54, 1.807) is 0 Å². The van der Waals surface area contributed by atoms with Crippen LogP contribution in [0.5, 0.6) is 0 Å². The lowest BCUT2D eigenvalue weighted by atomic mass is 10.0. The maximum atomic E-state index is 5.95. The van der Waals surface area contributed by atoms with Gasteiger partial charge < -0.3 is 5.32 Å². The standard InChI is InChI=1S/C17H21ClN2S/c1-17(2)12-15(20-9-3-4-10-20)11-16(21-17)19-14-7-5-13(18)6-8-14/h5-8,11H,3-4,9-10,12H2,1-2H3/p+1. The van der Waals surface area contributed by atoms with E-state index in [1.165, 1.54) is 36.7 Å². The van der Waals surface area contributed by atoms with Crippen molar-refractivity contribution in [2.75, 3.05) is 18.4 Å². The summed E-state index contributed by atoms with van der Waals surface area (Å²) in [6.45, 7) is 7.07. The maximum Gasteiger partial charge on any atom is 0.180 e. The summed E-state index contributed by atoms with van der Waals surface area (Å²) in [5.74, 6) is 0. The van der Waals surface area contributed by atoms with Gasteiger partial charge in [0.1, 0.15) is 13.1 Å². The van der Waals surface area contributed by atoms with E-state index in [2.05, 4.69) is 29.8 Å². The summed E-state index contributed by atoms with van der Waals surface area (Å²) in [5.41, 5.74) is 2.57. The molecule has 2 aliphatic rings. The van der Waals surface area contributed by atoms with Gasteiger partial charge in [-0.05, 0) is 38.1 Å². The molecule has 0 aromatic heterocycles. The molecule has 1 fully saturated rings. The van der Waals surface area contributed by atoms with Crippen molar-refractivity contribution in [2.24, 2.45) is 0 Å². The lowest BCUT2D eigenvalue weighted by Crippen LogP contribution is -2.30. The van der Waals surface area contributed by atoms with Crippen molar-refractivity contribution < 1.29 is 4.58 Å². The largest absolute Gasteiger partial charge is 0.350 e. The summed E-state index contributed by atoms with van der Waals surface area (Å²) in [4.78, 5) is 0. The molecule has 2 heterocycles. The molecule has 3 rings (SSSR count). The van der Waals surface area contributed by atoms with Gasteiger partial charge in [-0.3, -0.25) is 0 Å². The fourth-order valence-corrected chi connectivity index (χ4v) is 4.25. The molecule has 1 N–H and O–H groups in total. The van der Waals surface area contributed by atoms with E-state index >= 15 is 0 Å². The molecular formula is C17H22ClN2S+. The average molecular weight is 322 g/mol. The van der Waals surface area contributed by atoms with Crippen LogP contribution < -0.4 is 5.32 Å². The zero-order valence-electron chi connectivity index (χ0n) is 12.7. The first kappa shape index (κ1) is 15.0. The molecule has 0 unspecified atom stereocenters. The van der Waals surface area contributed by atoms with Gasteiger partial charge in [0, 0.05) is 40.8 Å². The first-order chi connectivity index (χ1) is 10.0. The second-order valence-corrected chi connectivity index (χ2v) is 8.55. The molecule has 2 nitrogen and oxygen atoms in total. The van der Waals surface area contributed by atoms with E-state index in [9.17, 15) is 0 Å². The summed E-state index contributed by atoms with van der Waals surface area (Å²) < 4.78 is 2.78. The van der Waals surface area contributed by atoms with Crippen LogP contribution in [-0.2, 0) is 0 Å². The topological polar surface area (TPSA) is 15.0 Å². The van der Waals surface area contributed by atoms with Crippen molar-refractivity contribution in [2.45, 2.75) is 37.9 Å². The van der Waals surface area contributed by atoms with Crippen molar-refractivity contribution in [3.63, 3.8) is 0 Å². The monoisotopic (exact) mass is 321 g/mol. The van der Waals surface area contributed by atoms with Gasteiger partial charge in [0.2, 0.25) is 0 Å². The second-order valence-electron chi connectivity index (χ2n) is 6.36. The van der Waals surface area contributed by atoms with Crippen LogP contribution in [0.1, 0.15) is 33.1 Å². The number of hydrogen-bond donors (Lipinski definition) is 1. The van der Waals surface area contributed by atoms with Gasteiger partial charge in [-0.2, -0.15) is 0 Å². The molecule has 1 saturated heterocycles. The Labute approximate surface area is 136 Å². The zero-order chi connectivity index (χ0) is 14.9. The van der Waals surface area contributed by atoms with Crippen molar-refractivity contribution in [1.29, 1.82) is 0 Å². The van der Waals surface area contributed by atoms with Gasteiger partial charge in [0.05, 0.1) is 5.03 Å². The first-order valence-corrected chi connectivity index (χ1v) is 8.75. The number of rotatable bonds is 2. The summed E-state index contributed by atoms with van der Waals surface area (Å²) in [6, 6.07) is 7.91. The summed E-state index contributed by atoms with van der Waals surface area (Å²) in [7, 11) is 0. The molecule has 0 saturated carbocycles. The van der Waals surface area contributed by atoms with Crippen LogP contribution in [0.3, 0.4) is 0 Å². The van der Waals surface area contributed by atoms with Crippen molar-refractivity contribution in [3.8, 4) is 0 Å². The Morgan fingerprint density at radius 2 is 1.81 bits per heavy atom. The third-order valence-corrected chi connectivity index (χ3v) is 5.30. The van der Waals surface area contributed by atoms with Gasteiger partial charge >= 0.3 is 0 Å². The Hall–Kier alpha value is -0.930. The van der Waals surface area contributed by atoms with E-state index < -0.39 is 0 Å². The molecule has 0 bridgehead atoms. The van der Waals surface area contributed by atoms with Gasteiger partial charge in [0.25, 0.3) is 0 Å². The number of anilines is 1. The minimum absolute atomic E-state index is 0.238. The molecule has 1 aromatic rings. The van der Waals surface area contributed by atoms with Crippen LogP contribution in [0.2, 0.25) is 5.02 Å². The number of allylic oxidation sites excluding steroid dienone is 1. The van der Waals surface area contributed by atoms with Crippen molar-refractivity contribution in [1.82, 2.24) is 0 Å². The minimum atomic E-state index is 0.238. The number of thioether (sulfide) groups is 1. The molecule has 112 valence electrons. The molecule has 0 spiro atoms. The van der Waals surface area contributed by atoms with Gasteiger partial charge in [-0.15, -0.1) is 11.8 Å². The average Bonchev–Trinajstić information content (AvgIpc) is 2.94. The quantitative estimate of drug-likeness (QED) is 0.790.